The molecule has 0 saturated heterocycles. The summed E-state index contributed by atoms with van der Waals surface area (Å²) < 4.78 is 5.19. The minimum absolute atomic E-state index is 0.852. The number of ether oxygens (including phenoxy) is 1. The highest BCUT2D eigenvalue weighted by Gasteiger charge is 2.02. The molecule has 2 nitrogen and oxygen atoms in total. The summed E-state index contributed by atoms with van der Waals surface area (Å²) in [6.07, 6.45) is 0.852. The molecule has 0 fully saturated rings. The van der Waals surface area contributed by atoms with E-state index in [-0.39, 0.29) is 0 Å². The van der Waals surface area contributed by atoms with Crippen molar-refractivity contribution >= 4 is 0 Å². The average Bonchev–Trinajstić information content (AvgIpc) is 2.56. The second-order valence-corrected chi connectivity index (χ2v) is 4.91. The van der Waals surface area contributed by atoms with E-state index in [2.05, 4.69) is 36.4 Å². The van der Waals surface area contributed by atoms with Gasteiger partial charge in [0.1, 0.15) is 5.75 Å². The van der Waals surface area contributed by atoms with Crippen LogP contribution in [0.2, 0.25) is 0 Å². The molecule has 0 spiro atoms. The number of aromatic nitrogens is 1. The third-order valence-corrected chi connectivity index (χ3v) is 3.42. The van der Waals surface area contributed by atoms with E-state index >= 15 is 0 Å². The maximum absolute atomic E-state index is 5.19. The molecular formula is C19H17NO. The lowest BCUT2D eigenvalue weighted by molar-refractivity contribution is 0.415. The zero-order valence-electron chi connectivity index (χ0n) is 12.0. The first-order valence-corrected chi connectivity index (χ1v) is 6.99. The number of methoxy groups -OCH3 is 1. The highest BCUT2D eigenvalue weighted by molar-refractivity contribution is 5.60. The molecule has 1 aromatic heterocycles. The Bertz CT molecular complexity index is 705. The maximum atomic E-state index is 5.19. The maximum Gasteiger partial charge on any atom is 0.118 e. The van der Waals surface area contributed by atoms with Gasteiger partial charge in [0.25, 0.3) is 0 Å². The second-order valence-electron chi connectivity index (χ2n) is 4.91. The van der Waals surface area contributed by atoms with Crippen LogP contribution in [0.3, 0.4) is 0 Å². The number of rotatable bonds is 4. The fourth-order valence-corrected chi connectivity index (χ4v) is 2.31. The normalized spacial score (nSPS) is 10.3. The van der Waals surface area contributed by atoms with Crippen LogP contribution < -0.4 is 4.74 Å². The SMILES string of the molecule is COc1ccc(-c2cccc(Cc3ccccc3)n2)cc1. The van der Waals surface area contributed by atoms with Crippen molar-refractivity contribution in [1.82, 2.24) is 4.98 Å². The molecule has 21 heavy (non-hydrogen) atoms. The Balaban J connectivity index is 1.85. The molecule has 0 radical (unpaired) electrons. The molecule has 0 saturated carbocycles. The zero-order chi connectivity index (χ0) is 14.5. The first kappa shape index (κ1) is 13.4. The van der Waals surface area contributed by atoms with Gasteiger partial charge >= 0.3 is 0 Å². The van der Waals surface area contributed by atoms with E-state index < -0.39 is 0 Å². The fourth-order valence-electron chi connectivity index (χ4n) is 2.31. The molecular weight excluding hydrogens is 258 g/mol. The van der Waals surface area contributed by atoms with Gasteiger partial charge in [-0.15, -0.1) is 0 Å². The van der Waals surface area contributed by atoms with E-state index in [4.69, 9.17) is 9.72 Å². The quantitative estimate of drug-likeness (QED) is 0.706. The van der Waals surface area contributed by atoms with Crippen molar-refractivity contribution in [2.24, 2.45) is 0 Å². The molecule has 3 aromatic rings. The van der Waals surface area contributed by atoms with Crippen LogP contribution in [0.15, 0.2) is 72.8 Å². The molecule has 0 N–H and O–H groups in total. The van der Waals surface area contributed by atoms with Gasteiger partial charge in [-0.2, -0.15) is 0 Å². The van der Waals surface area contributed by atoms with Crippen LogP contribution >= 0.6 is 0 Å². The Hall–Kier alpha value is -2.61. The van der Waals surface area contributed by atoms with Gasteiger partial charge in [0.2, 0.25) is 0 Å². The van der Waals surface area contributed by atoms with E-state index in [0.29, 0.717) is 0 Å². The number of hydrogen-bond donors (Lipinski definition) is 0. The van der Waals surface area contributed by atoms with Gasteiger partial charge in [-0.1, -0.05) is 36.4 Å². The van der Waals surface area contributed by atoms with Crippen molar-refractivity contribution in [3.63, 3.8) is 0 Å². The number of hydrogen-bond acceptors (Lipinski definition) is 2. The van der Waals surface area contributed by atoms with Crippen molar-refractivity contribution in [2.45, 2.75) is 6.42 Å². The Labute approximate surface area is 125 Å². The van der Waals surface area contributed by atoms with Gasteiger partial charge in [0, 0.05) is 17.7 Å². The first-order chi connectivity index (χ1) is 10.3. The molecule has 104 valence electrons. The van der Waals surface area contributed by atoms with E-state index in [1.54, 1.807) is 7.11 Å². The number of nitrogens with zero attached hydrogens (tertiary/aromatic N) is 1. The fraction of sp³-hybridized carbons (Fsp3) is 0.105. The van der Waals surface area contributed by atoms with Gasteiger partial charge in [-0.3, -0.25) is 4.98 Å². The molecule has 0 amide bonds. The van der Waals surface area contributed by atoms with Crippen molar-refractivity contribution in [3.05, 3.63) is 84.1 Å². The second kappa shape index (κ2) is 6.23. The van der Waals surface area contributed by atoms with Gasteiger partial charge < -0.3 is 4.74 Å². The zero-order valence-corrected chi connectivity index (χ0v) is 12.0. The summed E-state index contributed by atoms with van der Waals surface area (Å²) in [6, 6.07) is 24.6. The van der Waals surface area contributed by atoms with E-state index in [1.807, 2.05) is 36.4 Å². The lowest BCUT2D eigenvalue weighted by Crippen LogP contribution is -1.94. The van der Waals surface area contributed by atoms with Gasteiger partial charge in [-0.25, -0.2) is 0 Å². The summed E-state index contributed by atoms with van der Waals surface area (Å²) >= 11 is 0. The van der Waals surface area contributed by atoms with Crippen LogP contribution in [0.1, 0.15) is 11.3 Å². The van der Waals surface area contributed by atoms with Crippen molar-refractivity contribution < 1.29 is 4.74 Å². The molecule has 0 aliphatic heterocycles. The number of pyridine rings is 1. The highest BCUT2D eigenvalue weighted by atomic mass is 16.5. The molecule has 1 heterocycles. The van der Waals surface area contributed by atoms with Crippen LogP contribution in [-0.2, 0) is 6.42 Å². The summed E-state index contributed by atoms with van der Waals surface area (Å²) in [7, 11) is 1.67. The predicted molar refractivity (Wildman–Crippen MR) is 85.5 cm³/mol. The van der Waals surface area contributed by atoms with Crippen molar-refractivity contribution in [2.75, 3.05) is 7.11 Å². The Kier molecular flexibility index (Phi) is 3.97. The summed E-state index contributed by atoms with van der Waals surface area (Å²) in [4.78, 5) is 4.75. The monoisotopic (exact) mass is 275 g/mol. The minimum Gasteiger partial charge on any atom is -0.497 e. The molecule has 2 heteroatoms. The van der Waals surface area contributed by atoms with Crippen LogP contribution in [0.4, 0.5) is 0 Å². The summed E-state index contributed by atoms with van der Waals surface area (Å²) in [5.41, 5.74) is 4.45. The van der Waals surface area contributed by atoms with Crippen LogP contribution in [0.25, 0.3) is 11.3 Å². The topological polar surface area (TPSA) is 22.1 Å². The Morgan fingerprint density at radius 1 is 0.810 bits per heavy atom. The van der Waals surface area contributed by atoms with E-state index in [1.165, 1.54) is 5.56 Å². The molecule has 2 aromatic carbocycles. The van der Waals surface area contributed by atoms with Crippen molar-refractivity contribution in [3.8, 4) is 17.0 Å². The van der Waals surface area contributed by atoms with Crippen LogP contribution in [0, 0.1) is 0 Å². The summed E-state index contributed by atoms with van der Waals surface area (Å²) in [5, 5.41) is 0. The number of benzene rings is 2. The molecule has 0 bridgehead atoms. The minimum atomic E-state index is 0.852. The Morgan fingerprint density at radius 3 is 2.29 bits per heavy atom. The van der Waals surface area contributed by atoms with Gasteiger partial charge in [-0.05, 0) is 42.0 Å². The molecule has 0 atom stereocenters. The van der Waals surface area contributed by atoms with E-state index in [0.717, 1.165) is 29.1 Å². The van der Waals surface area contributed by atoms with Crippen LogP contribution in [0.5, 0.6) is 5.75 Å². The molecule has 0 unspecified atom stereocenters. The van der Waals surface area contributed by atoms with Crippen molar-refractivity contribution in [1.29, 1.82) is 0 Å². The van der Waals surface area contributed by atoms with Gasteiger partial charge in [0.05, 0.1) is 12.8 Å². The first-order valence-electron chi connectivity index (χ1n) is 6.99. The third kappa shape index (κ3) is 3.29. The summed E-state index contributed by atoms with van der Waals surface area (Å²) in [5.74, 6) is 0.860. The molecule has 0 aliphatic carbocycles. The lowest BCUT2D eigenvalue weighted by atomic mass is 10.1. The highest BCUT2D eigenvalue weighted by Crippen LogP contribution is 2.21. The average molecular weight is 275 g/mol. The summed E-state index contributed by atoms with van der Waals surface area (Å²) in [6.45, 7) is 0. The molecule has 3 rings (SSSR count). The smallest absolute Gasteiger partial charge is 0.118 e. The Morgan fingerprint density at radius 2 is 1.57 bits per heavy atom. The van der Waals surface area contributed by atoms with Crippen LogP contribution in [-0.4, -0.2) is 12.1 Å². The van der Waals surface area contributed by atoms with Gasteiger partial charge in [0.15, 0.2) is 0 Å². The lowest BCUT2D eigenvalue weighted by Gasteiger charge is -2.06. The molecule has 0 aliphatic rings. The van der Waals surface area contributed by atoms with E-state index in [9.17, 15) is 0 Å². The standard InChI is InChI=1S/C19H17NO/c1-21-18-12-10-16(11-13-18)19-9-5-8-17(20-19)14-15-6-3-2-4-7-15/h2-13H,14H2,1H3. The third-order valence-electron chi connectivity index (χ3n) is 3.42. The predicted octanol–water partition coefficient (Wildman–Crippen LogP) is 4.35. The largest absolute Gasteiger partial charge is 0.497 e.